The molecule has 6 heteroatoms. The monoisotopic (exact) mass is 278 g/mol. The molecule has 0 bridgehead atoms. The van der Waals surface area contributed by atoms with Gasteiger partial charge < -0.3 is 10.2 Å². The van der Waals surface area contributed by atoms with Gasteiger partial charge in [0.15, 0.2) is 0 Å². The van der Waals surface area contributed by atoms with Crippen LogP contribution in [0.25, 0.3) is 0 Å². The maximum absolute atomic E-state index is 10.9. The van der Waals surface area contributed by atoms with Crippen LogP contribution in [-0.4, -0.2) is 55.0 Å². The standard InChI is InChI=1S/C14H22N4O2/c1-15-13-8-11(4-5-14(13)18(19)20)9-17-7-6-12(10-17)16(2)3/h4-5,8,12,15H,6-7,9-10H2,1-3H3. The quantitative estimate of drug-likeness (QED) is 0.657. The summed E-state index contributed by atoms with van der Waals surface area (Å²) in [4.78, 5) is 15.2. The van der Waals surface area contributed by atoms with Crippen LogP contribution in [0.5, 0.6) is 0 Å². The minimum Gasteiger partial charge on any atom is -0.383 e. The summed E-state index contributed by atoms with van der Waals surface area (Å²) < 4.78 is 0. The second kappa shape index (κ2) is 6.19. The third-order valence-corrected chi connectivity index (χ3v) is 3.91. The fraction of sp³-hybridized carbons (Fsp3) is 0.571. The average molecular weight is 278 g/mol. The zero-order valence-corrected chi connectivity index (χ0v) is 12.3. The number of benzene rings is 1. The molecule has 6 nitrogen and oxygen atoms in total. The SMILES string of the molecule is CNc1cc(CN2CCC(N(C)C)C2)ccc1[N+](=O)[O-]. The topological polar surface area (TPSA) is 61.6 Å². The Balaban J connectivity index is 2.05. The molecule has 1 unspecified atom stereocenters. The van der Waals surface area contributed by atoms with E-state index in [4.69, 9.17) is 0 Å². The largest absolute Gasteiger partial charge is 0.383 e. The lowest BCUT2D eigenvalue weighted by Gasteiger charge is -2.20. The van der Waals surface area contributed by atoms with Crippen LogP contribution in [0.2, 0.25) is 0 Å². The highest BCUT2D eigenvalue weighted by atomic mass is 16.6. The van der Waals surface area contributed by atoms with Gasteiger partial charge in [-0.3, -0.25) is 15.0 Å². The highest BCUT2D eigenvalue weighted by Crippen LogP contribution is 2.26. The molecule has 0 aromatic heterocycles. The van der Waals surface area contributed by atoms with Crippen molar-refractivity contribution in [1.29, 1.82) is 0 Å². The Bertz CT molecular complexity index is 490. The molecule has 0 spiro atoms. The van der Waals surface area contributed by atoms with Crippen molar-refractivity contribution in [3.8, 4) is 0 Å². The number of likely N-dealkylation sites (N-methyl/N-ethyl adjacent to an activating group) is 1. The van der Waals surface area contributed by atoms with Crippen LogP contribution < -0.4 is 5.32 Å². The molecule has 0 amide bonds. The molecular formula is C14H22N4O2. The molecule has 20 heavy (non-hydrogen) atoms. The highest BCUT2D eigenvalue weighted by molar-refractivity contribution is 5.62. The normalized spacial score (nSPS) is 19.5. The molecule has 2 rings (SSSR count). The summed E-state index contributed by atoms with van der Waals surface area (Å²) in [5.41, 5.74) is 1.82. The number of rotatable bonds is 5. The molecule has 0 aliphatic carbocycles. The summed E-state index contributed by atoms with van der Waals surface area (Å²) in [6, 6.07) is 5.92. The van der Waals surface area contributed by atoms with Gasteiger partial charge in [-0.15, -0.1) is 0 Å². The van der Waals surface area contributed by atoms with E-state index in [0.717, 1.165) is 25.2 Å². The lowest BCUT2D eigenvalue weighted by atomic mass is 10.1. The van der Waals surface area contributed by atoms with Gasteiger partial charge in [-0.2, -0.15) is 0 Å². The van der Waals surface area contributed by atoms with Gasteiger partial charge in [-0.1, -0.05) is 6.07 Å². The highest BCUT2D eigenvalue weighted by Gasteiger charge is 2.24. The molecule has 1 aromatic rings. The van der Waals surface area contributed by atoms with Gasteiger partial charge in [0, 0.05) is 38.8 Å². The lowest BCUT2D eigenvalue weighted by molar-refractivity contribution is -0.384. The Kier molecular flexibility index (Phi) is 4.57. The minimum atomic E-state index is -0.354. The van der Waals surface area contributed by atoms with Gasteiger partial charge in [0.05, 0.1) is 4.92 Å². The Morgan fingerprint density at radius 1 is 1.50 bits per heavy atom. The van der Waals surface area contributed by atoms with E-state index in [0.29, 0.717) is 11.7 Å². The zero-order chi connectivity index (χ0) is 14.7. The van der Waals surface area contributed by atoms with Crippen LogP contribution in [-0.2, 0) is 6.54 Å². The molecule has 1 N–H and O–H groups in total. The van der Waals surface area contributed by atoms with Crippen molar-refractivity contribution in [2.45, 2.75) is 19.0 Å². The Labute approximate surface area is 119 Å². The third kappa shape index (κ3) is 3.26. The predicted molar refractivity (Wildman–Crippen MR) is 80.0 cm³/mol. The van der Waals surface area contributed by atoms with Gasteiger partial charge >= 0.3 is 0 Å². The van der Waals surface area contributed by atoms with E-state index in [1.54, 1.807) is 13.1 Å². The summed E-state index contributed by atoms with van der Waals surface area (Å²) >= 11 is 0. The van der Waals surface area contributed by atoms with Crippen molar-refractivity contribution in [2.24, 2.45) is 0 Å². The van der Waals surface area contributed by atoms with Crippen LogP contribution in [0.3, 0.4) is 0 Å². The molecule has 1 aromatic carbocycles. The maximum Gasteiger partial charge on any atom is 0.292 e. The van der Waals surface area contributed by atoms with Gasteiger partial charge in [0.1, 0.15) is 5.69 Å². The number of likely N-dealkylation sites (tertiary alicyclic amines) is 1. The summed E-state index contributed by atoms with van der Waals surface area (Å²) in [5, 5.41) is 13.8. The lowest BCUT2D eigenvalue weighted by Crippen LogP contribution is -2.31. The average Bonchev–Trinajstić information content (AvgIpc) is 2.87. The summed E-state index contributed by atoms with van der Waals surface area (Å²) in [6.45, 7) is 2.98. The van der Waals surface area contributed by atoms with Crippen molar-refractivity contribution in [2.75, 3.05) is 39.5 Å². The van der Waals surface area contributed by atoms with Crippen LogP contribution in [0.4, 0.5) is 11.4 Å². The molecule has 1 fully saturated rings. The Morgan fingerprint density at radius 2 is 2.25 bits per heavy atom. The molecule has 110 valence electrons. The molecule has 1 saturated heterocycles. The minimum absolute atomic E-state index is 0.129. The van der Waals surface area contributed by atoms with Crippen molar-refractivity contribution >= 4 is 11.4 Å². The first-order valence-electron chi connectivity index (χ1n) is 6.85. The van der Waals surface area contributed by atoms with E-state index in [9.17, 15) is 10.1 Å². The van der Waals surface area contributed by atoms with Gasteiger partial charge in [-0.25, -0.2) is 0 Å². The molecule has 1 aliphatic rings. The van der Waals surface area contributed by atoms with Crippen LogP contribution in [0.15, 0.2) is 18.2 Å². The summed E-state index contributed by atoms with van der Waals surface area (Å²) in [5.74, 6) is 0. The van der Waals surface area contributed by atoms with E-state index < -0.39 is 0 Å². The number of nitrogens with one attached hydrogen (secondary N) is 1. The second-order valence-electron chi connectivity index (χ2n) is 5.50. The molecular weight excluding hydrogens is 256 g/mol. The van der Waals surface area contributed by atoms with Crippen LogP contribution in [0.1, 0.15) is 12.0 Å². The van der Waals surface area contributed by atoms with Gasteiger partial charge in [0.25, 0.3) is 5.69 Å². The van der Waals surface area contributed by atoms with Gasteiger partial charge in [0.2, 0.25) is 0 Å². The van der Waals surface area contributed by atoms with Gasteiger partial charge in [-0.05, 0) is 32.1 Å². The number of nitrogens with zero attached hydrogens (tertiary/aromatic N) is 3. The zero-order valence-electron chi connectivity index (χ0n) is 12.3. The summed E-state index contributed by atoms with van der Waals surface area (Å²) in [7, 11) is 5.93. The first-order chi connectivity index (χ1) is 9.51. The van der Waals surface area contributed by atoms with E-state index in [-0.39, 0.29) is 10.6 Å². The number of nitro benzene ring substituents is 1. The van der Waals surface area contributed by atoms with E-state index >= 15 is 0 Å². The molecule has 0 saturated carbocycles. The smallest absolute Gasteiger partial charge is 0.292 e. The first-order valence-corrected chi connectivity index (χ1v) is 6.85. The van der Waals surface area contributed by atoms with E-state index in [2.05, 4.69) is 29.2 Å². The third-order valence-electron chi connectivity index (χ3n) is 3.91. The Hall–Kier alpha value is -1.66. The molecule has 0 radical (unpaired) electrons. The molecule has 1 heterocycles. The van der Waals surface area contributed by atoms with Crippen LogP contribution >= 0.6 is 0 Å². The van der Waals surface area contributed by atoms with Crippen molar-refractivity contribution in [3.63, 3.8) is 0 Å². The molecule has 1 aliphatic heterocycles. The second-order valence-corrected chi connectivity index (χ2v) is 5.50. The van der Waals surface area contributed by atoms with Crippen molar-refractivity contribution < 1.29 is 4.92 Å². The van der Waals surface area contributed by atoms with Crippen LogP contribution in [0, 0.1) is 10.1 Å². The fourth-order valence-electron chi connectivity index (χ4n) is 2.68. The Morgan fingerprint density at radius 3 is 2.80 bits per heavy atom. The first kappa shape index (κ1) is 14.7. The van der Waals surface area contributed by atoms with E-state index in [1.165, 1.54) is 6.42 Å². The number of nitro groups is 1. The number of hydrogen-bond acceptors (Lipinski definition) is 5. The van der Waals surface area contributed by atoms with Crippen molar-refractivity contribution in [3.05, 3.63) is 33.9 Å². The van der Waals surface area contributed by atoms with E-state index in [1.807, 2.05) is 12.1 Å². The number of anilines is 1. The number of hydrogen-bond donors (Lipinski definition) is 1. The van der Waals surface area contributed by atoms with Crippen molar-refractivity contribution in [1.82, 2.24) is 9.80 Å². The predicted octanol–water partition coefficient (Wildman–Crippen LogP) is 1.77. The fourth-order valence-corrected chi connectivity index (χ4v) is 2.68. The molecule has 1 atom stereocenters. The summed E-state index contributed by atoms with van der Waals surface area (Å²) in [6.07, 6.45) is 1.18. The maximum atomic E-state index is 10.9.